The third-order valence-corrected chi connectivity index (χ3v) is 2.15. The maximum absolute atomic E-state index is 11.4. The average molecular weight is 216 g/mol. The summed E-state index contributed by atoms with van der Waals surface area (Å²) in [6.07, 6.45) is 0.0591. The first-order chi connectivity index (χ1) is 7.04. The number of nitrogens with one attached hydrogen (secondary N) is 2. The monoisotopic (exact) mass is 216 g/mol. The van der Waals surface area contributed by atoms with Gasteiger partial charge in [0.15, 0.2) is 0 Å². The van der Waals surface area contributed by atoms with E-state index in [1.807, 2.05) is 0 Å². The number of carboxylic acid groups (broad SMARTS) is 1. The SMILES string of the molecule is O=C1CC(C(=O)N[C@@H](CO)C(=O)O)CN1. The van der Waals surface area contributed by atoms with Crippen LogP contribution in [-0.4, -0.2) is 47.2 Å². The molecule has 2 amide bonds. The molecule has 7 heteroatoms. The molecule has 84 valence electrons. The molecule has 15 heavy (non-hydrogen) atoms. The Labute approximate surface area is 85.5 Å². The molecule has 0 spiro atoms. The van der Waals surface area contributed by atoms with E-state index in [4.69, 9.17) is 10.2 Å². The van der Waals surface area contributed by atoms with E-state index in [1.54, 1.807) is 0 Å². The summed E-state index contributed by atoms with van der Waals surface area (Å²) in [6, 6.07) is -1.31. The first-order valence-electron chi connectivity index (χ1n) is 4.45. The Morgan fingerprint density at radius 1 is 1.60 bits per heavy atom. The zero-order valence-corrected chi connectivity index (χ0v) is 7.90. The number of hydrogen-bond acceptors (Lipinski definition) is 4. The summed E-state index contributed by atoms with van der Waals surface area (Å²) >= 11 is 0. The highest BCUT2D eigenvalue weighted by atomic mass is 16.4. The number of hydrogen-bond donors (Lipinski definition) is 4. The number of amides is 2. The van der Waals surface area contributed by atoms with Gasteiger partial charge in [-0.2, -0.15) is 0 Å². The van der Waals surface area contributed by atoms with Crippen molar-refractivity contribution in [3.05, 3.63) is 0 Å². The van der Waals surface area contributed by atoms with Crippen LogP contribution in [0.4, 0.5) is 0 Å². The number of rotatable bonds is 4. The molecule has 0 bridgehead atoms. The molecule has 0 aromatic rings. The molecule has 1 aliphatic heterocycles. The van der Waals surface area contributed by atoms with Crippen LogP contribution < -0.4 is 10.6 Å². The normalized spacial score (nSPS) is 21.9. The fraction of sp³-hybridized carbons (Fsp3) is 0.625. The van der Waals surface area contributed by atoms with Crippen molar-refractivity contribution in [3.8, 4) is 0 Å². The Hall–Kier alpha value is -1.63. The number of carboxylic acids is 1. The second-order valence-electron chi connectivity index (χ2n) is 3.29. The van der Waals surface area contributed by atoms with Gasteiger partial charge in [-0.3, -0.25) is 9.59 Å². The standard InChI is InChI=1S/C8H12N2O5/c11-3-5(8(14)15)10-7(13)4-1-6(12)9-2-4/h4-5,11H,1-3H2,(H,9,12)(H,10,13)(H,14,15)/t4?,5-/m0/s1. The van der Waals surface area contributed by atoms with Crippen LogP contribution in [0.15, 0.2) is 0 Å². The van der Waals surface area contributed by atoms with Gasteiger partial charge in [0.2, 0.25) is 11.8 Å². The molecule has 1 rings (SSSR count). The number of aliphatic carboxylic acids is 1. The third-order valence-electron chi connectivity index (χ3n) is 2.15. The predicted octanol–water partition coefficient (Wildman–Crippen LogP) is -2.32. The molecule has 0 aromatic heterocycles. The van der Waals surface area contributed by atoms with E-state index in [-0.39, 0.29) is 18.9 Å². The predicted molar refractivity (Wildman–Crippen MR) is 47.8 cm³/mol. The van der Waals surface area contributed by atoms with E-state index in [0.29, 0.717) is 0 Å². The molecule has 1 unspecified atom stereocenters. The van der Waals surface area contributed by atoms with Crippen molar-refractivity contribution >= 4 is 17.8 Å². The average Bonchev–Trinajstić information content (AvgIpc) is 2.60. The molecule has 1 heterocycles. The molecule has 7 nitrogen and oxygen atoms in total. The number of carbonyl (C=O) groups excluding carboxylic acids is 2. The van der Waals surface area contributed by atoms with E-state index in [2.05, 4.69) is 10.6 Å². The van der Waals surface area contributed by atoms with Crippen LogP contribution in [0.1, 0.15) is 6.42 Å². The zero-order valence-electron chi connectivity index (χ0n) is 7.90. The minimum absolute atomic E-state index is 0.0591. The van der Waals surface area contributed by atoms with Crippen LogP contribution >= 0.6 is 0 Å². The van der Waals surface area contributed by atoms with Gasteiger partial charge in [0, 0.05) is 13.0 Å². The van der Waals surface area contributed by atoms with Gasteiger partial charge in [0.25, 0.3) is 0 Å². The van der Waals surface area contributed by atoms with Crippen LogP contribution in [0.3, 0.4) is 0 Å². The topological polar surface area (TPSA) is 116 Å². The van der Waals surface area contributed by atoms with Gasteiger partial charge < -0.3 is 20.8 Å². The Kier molecular flexibility index (Phi) is 3.62. The lowest BCUT2D eigenvalue weighted by Crippen LogP contribution is -2.46. The van der Waals surface area contributed by atoms with E-state index in [0.717, 1.165) is 0 Å². The van der Waals surface area contributed by atoms with Crippen molar-refractivity contribution in [1.82, 2.24) is 10.6 Å². The summed E-state index contributed by atoms with van der Waals surface area (Å²) in [6.45, 7) is -0.461. The van der Waals surface area contributed by atoms with Crippen LogP contribution in [-0.2, 0) is 14.4 Å². The minimum atomic E-state index is -1.31. The van der Waals surface area contributed by atoms with Gasteiger partial charge in [-0.05, 0) is 0 Å². The van der Waals surface area contributed by atoms with E-state index < -0.39 is 30.4 Å². The van der Waals surface area contributed by atoms with Gasteiger partial charge in [-0.25, -0.2) is 4.79 Å². The lowest BCUT2D eigenvalue weighted by molar-refractivity contribution is -0.143. The molecule has 0 saturated carbocycles. The Bertz CT molecular complexity index is 291. The van der Waals surface area contributed by atoms with E-state index in [1.165, 1.54) is 0 Å². The molecular weight excluding hydrogens is 204 g/mol. The first kappa shape index (κ1) is 11.4. The van der Waals surface area contributed by atoms with E-state index in [9.17, 15) is 14.4 Å². The Morgan fingerprint density at radius 3 is 2.67 bits per heavy atom. The first-order valence-corrected chi connectivity index (χ1v) is 4.45. The molecule has 1 saturated heterocycles. The molecule has 4 N–H and O–H groups in total. The summed E-state index contributed by atoms with van der Waals surface area (Å²) in [7, 11) is 0. The second-order valence-corrected chi connectivity index (χ2v) is 3.29. The summed E-state index contributed by atoms with van der Waals surface area (Å²) in [5, 5.41) is 21.8. The number of carbonyl (C=O) groups is 3. The largest absolute Gasteiger partial charge is 0.480 e. The van der Waals surface area contributed by atoms with Gasteiger partial charge in [-0.15, -0.1) is 0 Å². The fourth-order valence-electron chi connectivity index (χ4n) is 1.27. The van der Waals surface area contributed by atoms with Gasteiger partial charge in [0.1, 0.15) is 6.04 Å². The lowest BCUT2D eigenvalue weighted by Gasteiger charge is -2.14. The summed E-state index contributed by atoms with van der Waals surface area (Å²) < 4.78 is 0. The van der Waals surface area contributed by atoms with Crippen LogP contribution in [0.5, 0.6) is 0 Å². The van der Waals surface area contributed by atoms with Crippen molar-refractivity contribution in [1.29, 1.82) is 0 Å². The van der Waals surface area contributed by atoms with Crippen LogP contribution in [0.25, 0.3) is 0 Å². The second kappa shape index (κ2) is 4.74. The Morgan fingerprint density at radius 2 is 2.27 bits per heavy atom. The molecule has 1 fully saturated rings. The summed E-state index contributed by atoms with van der Waals surface area (Å²) in [5.41, 5.74) is 0. The molecule has 0 aliphatic carbocycles. The minimum Gasteiger partial charge on any atom is -0.480 e. The van der Waals surface area contributed by atoms with Crippen molar-refractivity contribution in [2.24, 2.45) is 5.92 Å². The Balaban J connectivity index is 2.47. The molecule has 0 radical (unpaired) electrons. The van der Waals surface area contributed by atoms with Crippen molar-refractivity contribution < 1.29 is 24.6 Å². The van der Waals surface area contributed by atoms with Crippen molar-refractivity contribution in [3.63, 3.8) is 0 Å². The molecular formula is C8H12N2O5. The molecule has 1 aliphatic rings. The number of aliphatic hydroxyl groups excluding tert-OH is 1. The highest BCUT2D eigenvalue weighted by molar-refractivity contribution is 5.91. The van der Waals surface area contributed by atoms with Crippen molar-refractivity contribution in [2.75, 3.05) is 13.2 Å². The molecule has 2 atom stereocenters. The lowest BCUT2D eigenvalue weighted by atomic mass is 10.1. The smallest absolute Gasteiger partial charge is 0.328 e. The van der Waals surface area contributed by atoms with Gasteiger partial charge in [0.05, 0.1) is 12.5 Å². The maximum atomic E-state index is 11.4. The van der Waals surface area contributed by atoms with Gasteiger partial charge >= 0.3 is 5.97 Å². The molecule has 0 aromatic carbocycles. The number of aliphatic hydroxyl groups is 1. The zero-order chi connectivity index (χ0) is 11.4. The maximum Gasteiger partial charge on any atom is 0.328 e. The van der Waals surface area contributed by atoms with Gasteiger partial charge in [-0.1, -0.05) is 0 Å². The quantitative estimate of drug-likeness (QED) is 0.421. The highest BCUT2D eigenvalue weighted by Gasteiger charge is 2.30. The van der Waals surface area contributed by atoms with Crippen molar-refractivity contribution in [2.45, 2.75) is 12.5 Å². The van der Waals surface area contributed by atoms with Crippen LogP contribution in [0, 0.1) is 5.92 Å². The highest BCUT2D eigenvalue weighted by Crippen LogP contribution is 2.08. The fourth-order valence-corrected chi connectivity index (χ4v) is 1.27. The van der Waals surface area contributed by atoms with E-state index >= 15 is 0 Å². The summed E-state index contributed by atoms with van der Waals surface area (Å²) in [5.74, 6) is -2.62. The third kappa shape index (κ3) is 2.91. The summed E-state index contributed by atoms with van der Waals surface area (Å²) in [4.78, 5) is 32.7. The van der Waals surface area contributed by atoms with Crippen LogP contribution in [0.2, 0.25) is 0 Å².